The highest BCUT2D eigenvalue weighted by molar-refractivity contribution is 5.02. The van der Waals surface area contributed by atoms with Crippen LogP contribution >= 0.6 is 0 Å². The van der Waals surface area contributed by atoms with Gasteiger partial charge in [0.2, 0.25) is 11.7 Å². The summed E-state index contributed by atoms with van der Waals surface area (Å²) in [6.07, 6.45) is 2.87. The van der Waals surface area contributed by atoms with Gasteiger partial charge in [0, 0.05) is 19.1 Å². The fourth-order valence-electron chi connectivity index (χ4n) is 2.61. The van der Waals surface area contributed by atoms with Crippen LogP contribution in [0.5, 0.6) is 0 Å². The van der Waals surface area contributed by atoms with Crippen molar-refractivity contribution in [2.24, 2.45) is 11.1 Å². The van der Waals surface area contributed by atoms with E-state index in [0.717, 1.165) is 19.3 Å². The molecule has 1 aromatic rings. The molecule has 1 aliphatic carbocycles. The van der Waals surface area contributed by atoms with Crippen molar-refractivity contribution < 1.29 is 9.26 Å². The molecule has 0 amide bonds. The molecule has 1 fully saturated rings. The standard InChI is InChI=1S/C13H23N3O2/c1-13(2,3)10(17-4)11-15-12(18-16-11)8-5-6-9(14)7-8/h8-10H,5-7,14H2,1-4H3/t8-,9+,10?/m1/s1. The van der Waals surface area contributed by atoms with Crippen LogP contribution in [0.1, 0.15) is 63.8 Å². The summed E-state index contributed by atoms with van der Waals surface area (Å²) in [6, 6.07) is 0.270. The molecule has 5 heteroatoms. The van der Waals surface area contributed by atoms with Gasteiger partial charge in [0.1, 0.15) is 6.10 Å². The van der Waals surface area contributed by atoms with Crippen LogP contribution in [0.4, 0.5) is 0 Å². The van der Waals surface area contributed by atoms with Crippen molar-refractivity contribution in [1.82, 2.24) is 10.1 Å². The molecule has 2 rings (SSSR count). The van der Waals surface area contributed by atoms with Gasteiger partial charge in [-0.1, -0.05) is 25.9 Å². The summed E-state index contributed by atoms with van der Waals surface area (Å²) < 4.78 is 10.9. The summed E-state index contributed by atoms with van der Waals surface area (Å²) >= 11 is 0. The van der Waals surface area contributed by atoms with Gasteiger partial charge >= 0.3 is 0 Å². The Balaban J connectivity index is 2.14. The topological polar surface area (TPSA) is 74.2 Å². The molecule has 102 valence electrons. The van der Waals surface area contributed by atoms with Crippen molar-refractivity contribution in [3.8, 4) is 0 Å². The summed E-state index contributed by atoms with van der Waals surface area (Å²) in [7, 11) is 1.68. The molecule has 1 heterocycles. The van der Waals surface area contributed by atoms with E-state index in [1.165, 1.54) is 0 Å². The Morgan fingerprint density at radius 1 is 1.39 bits per heavy atom. The number of nitrogens with zero attached hydrogens (tertiary/aromatic N) is 2. The molecule has 0 radical (unpaired) electrons. The number of aromatic nitrogens is 2. The van der Waals surface area contributed by atoms with Gasteiger partial charge in [-0.15, -0.1) is 0 Å². The zero-order chi connectivity index (χ0) is 13.3. The minimum absolute atomic E-state index is 0.0536. The minimum Gasteiger partial charge on any atom is -0.373 e. The number of nitrogens with two attached hydrogens (primary N) is 1. The fourth-order valence-corrected chi connectivity index (χ4v) is 2.61. The third-order valence-corrected chi connectivity index (χ3v) is 3.54. The first-order valence-electron chi connectivity index (χ1n) is 6.53. The summed E-state index contributed by atoms with van der Waals surface area (Å²) in [5, 5.41) is 4.07. The van der Waals surface area contributed by atoms with Crippen molar-refractivity contribution in [2.75, 3.05) is 7.11 Å². The molecule has 18 heavy (non-hydrogen) atoms. The maximum atomic E-state index is 5.91. The number of methoxy groups -OCH3 is 1. The molecular formula is C13H23N3O2. The maximum Gasteiger partial charge on any atom is 0.229 e. The maximum absolute atomic E-state index is 5.91. The highest BCUT2D eigenvalue weighted by atomic mass is 16.5. The zero-order valence-electron chi connectivity index (χ0n) is 11.6. The highest BCUT2D eigenvalue weighted by Crippen LogP contribution is 2.36. The summed E-state index contributed by atoms with van der Waals surface area (Å²) in [5.41, 5.74) is 5.86. The summed E-state index contributed by atoms with van der Waals surface area (Å²) in [6.45, 7) is 6.30. The second kappa shape index (κ2) is 4.97. The van der Waals surface area contributed by atoms with Crippen LogP contribution in [0.25, 0.3) is 0 Å². The SMILES string of the molecule is COC(c1noc([C@@H]2CC[C@H](N)C2)n1)C(C)(C)C. The molecular weight excluding hydrogens is 230 g/mol. The number of rotatable bonds is 3. The first-order valence-corrected chi connectivity index (χ1v) is 6.53. The molecule has 1 saturated carbocycles. The second-order valence-electron chi connectivity index (χ2n) is 6.24. The molecule has 2 N–H and O–H groups in total. The van der Waals surface area contributed by atoms with Crippen molar-refractivity contribution in [1.29, 1.82) is 0 Å². The van der Waals surface area contributed by atoms with Crippen LogP contribution < -0.4 is 5.73 Å². The van der Waals surface area contributed by atoms with Gasteiger partial charge in [-0.05, 0) is 24.7 Å². The minimum atomic E-state index is -0.148. The van der Waals surface area contributed by atoms with E-state index in [2.05, 4.69) is 30.9 Å². The van der Waals surface area contributed by atoms with Gasteiger partial charge in [-0.3, -0.25) is 0 Å². The van der Waals surface area contributed by atoms with E-state index < -0.39 is 0 Å². The van der Waals surface area contributed by atoms with Gasteiger partial charge in [0.25, 0.3) is 0 Å². The van der Waals surface area contributed by atoms with Crippen LogP contribution in [-0.4, -0.2) is 23.3 Å². The number of hydrogen-bond donors (Lipinski definition) is 1. The van der Waals surface area contributed by atoms with Crippen molar-refractivity contribution >= 4 is 0 Å². The predicted molar refractivity (Wildman–Crippen MR) is 68.1 cm³/mol. The van der Waals surface area contributed by atoms with Crippen LogP contribution in [-0.2, 0) is 4.74 Å². The van der Waals surface area contributed by atoms with Gasteiger partial charge in [-0.25, -0.2) is 0 Å². The Kier molecular flexibility index (Phi) is 3.73. The molecule has 0 aromatic carbocycles. The van der Waals surface area contributed by atoms with Crippen LogP contribution in [0, 0.1) is 5.41 Å². The van der Waals surface area contributed by atoms with Crippen molar-refractivity contribution in [2.45, 2.75) is 58.1 Å². The normalized spacial score (nSPS) is 26.5. The average Bonchev–Trinajstić information content (AvgIpc) is 2.85. The van der Waals surface area contributed by atoms with Gasteiger partial charge in [-0.2, -0.15) is 4.98 Å². The lowest BCUT2D eigenvalue weighted by atomic mass is 9.88. The van der Waals surface area contributed by atoms with E-state index in [1.54, 1.807) is 7.11 Å². The van der Waals surface area contributed by atoms with E-state index in [9.17, 15) is 0 Å². The Labute approximate surface area is 108 Å². The molecule has 5 nitrogen and oxygen atoms in total. The second-order valence-corrected chi connectivity index (χ2v) is 6.24. The third-order valence-electron chi connectivity index (χ3n) is 3.54. The Bertz CT molecular complexity index is 397. The lowest BCUT2D eigenvalue weighted by molar-refractivity contribution is 0.00718. The molecule has 1 aliphatic rings. The van der Waals surface area contributed by atoms with E-state index in [4.69, 9.17) is 15.0 Å². The van der Waals surface area contributed by atoms with E-state index in [-0.39, 0.29) is 17.6 Å². The van der Waals surface area contributed by atoms with Gasteiger partial charge in [0.15, 0.2) is 0 Å². The number of hydrogen-bond acceptors (Lipinski definition) is 5. The van der Waals surface area contributed by atoms with Crippen molar-refractivity contribution in [3.05, 3.63) is 11.7 Å². The first kappa shape index (κ1) is 13.5. The smallest absolute Gasteiger partial charge is 0.229 e. The van der Waals surface area contributed by atoms with E-state index >= 15 is 0 Å². The zero-order valence-corrected chi connectivity index (χ0v) is 11.6. The van der Waals surface area contributed by atoms with Crippen LogP contribution in [0.15, 0.2) is 4.52 Å². The van der Waals surface area contributed by atoms with Crippen molar-refractivity contribution in [3.63, 3.8) is 0 Å². The molecule has 0 saturated heterocycles. The van der Waals surface area contributed by atoms with Crippen LogP contribution in [0.3, 0.4) is 0 Å². The largest absolute Gasteiger partial charge is 0.373 e. The molecule has 0 aliphatic heterocycles. The lowest BCUT2D eigenvalue weighted by Gasteiger charge is -2.26. The monoisotopic (exact) mass is 253 g/mol. The predicted octanol–water partition coefficient (Wildman–Crippen LogP) is 2.40. The van der Waals surface area contributed by atoms with Crippen LogP contribution in [0.2, 0.25) is 0 Å². The Morgan fingerprint density at radius 3 is 2.61 bits per heavy atom. The quantitative estimate of drug-likeness (QED) is 0.895. The van der Waals surface area contributed by atoms with Gasteiger partial charge in [0.05, 0.1) is 0 Å². The Hall–Kier alpha value is -0.940. The molecule has 1 aromatic heterocycles. The molecule has 3 atom stereocenters. The summed E-state index contributed by atoms with van der Waals surface area (Å²) in [4.78, 5) is 4.51. The Morgan fingerprint density at radius 2 is 2.11 bits per heavy atom. The number of ether oxygens (including phenoxy) is 1. The molecule has 0 spiro atoms. The first-order chi connectivity index (χ1) is 8.41. The van der Waals surface area contributed by atoms with E-state index in [1.807, 2.05) is 0 Å². The average molecular weight is 253 g/mol. The molecule has 0 bridgehead atoms. The molecule has 1 unspecified atom stereocenters. The lowest BCUT2D eigenvalue weighted by Crippen LogP contribution is -2.21. The highest BCUT2D eigenvalue weighted by Gasteiger charge is 2.33. The summed E-state index contributed by atoms with van der Waals surface area (Å²) in [5.74, 6) is 1.67. The van der Waals surface area contributed by atoms with Gasteiger partial charge < -0.3 is 15.0 Å². The fraction of sp³-hybridized carbons (Fsp3) is 0.846. The third kappa shape index (κ3) is 2.72. The van der Waals surface area contributed by atoms with E-state index in [0.29, 0.717) is 17.6 Å².